The minimum absolute atomic E-state index is 0.240. The van der Waals surface area contributed by atoms with Crippen molar-refractivity contribution in [3.8, 4) is 0 Å². The van der Waals surface area contributed by atoms with E-state index in [0.717, 1.165) is 18.4 Å². The molecule has 2 aliphatic rings. The summed E-state index contributed by atoms with van der Waals surface area (Å²) in [6.07, 6.45) is 9.12. The molecule has 2 fully saturated rings. The van der Waals surface area contributed by atoms with Crippen LogP contribution < -0.4 is 5.32 Å². The second-order valence-corrected chi connectivity index (χ2v) is 6.30. The quantitative estimate of drug-likeness (QED) is 0.902. The van der Waals surface area contributed by atoms with Gasteiger partial charge < -0.3 is 10.2 Å². The van der Waals surface area contributed by atoms with Gasteiger partial charge in [-0.2, -0.15) is 5.10 Å². The number of piperidine rings is 1. The Labute approximate surface area is 120 Å². The first kappa shape index (κ1) is 13.6. The van der Waals surface area contributed by atoms with Gasteiger partial charge in [-0.25, -0.2) is 0 Å². The van der Waals surface area contributed by atoms with E-state index in [1.807, 2.05) is 35.9 Å². The van der Waals surface area contributed by atoms with Crippen LogP contribution in [0.15, 0.2) is 12.4 Å². The van der Waals surface area contributed by atoms with E-state index in [-0.39, 0.29) is 5.91 Å². The van der Waals surface area contributed by atoms with Crippen LogP contribution in [0.1, 0.15) is 37.7 Å². The predicted octanol–water partition coefficient (Wildman–Crippen LogP) is 1.32. The summed E-state index contributed by atoms with van der Waals surface area (Å²) in [5.74, 6) is 0.240. The molecule has 1 amide bonds. The average molecular weight is 276 g/mol. The highest BCUT2D eigenvalue weighted by Crippen LogP contribution is 2.29. The van der Waals surface area contributed by atoms with E-state index in [4.69, 9.17) is 0 Å². The van der Waals surface area contributed by atoms with Gasteiger partial charge >= 0.3 is 0 Å². The number of fused-ring (bicyclic) bond motifs is 2. The zero-order valence-electron chi connectivity index (χ0n) is 12.4. The number of aromatic nitrogens is 2. The van der Waals surface area contributed by atoms with Crippen LogP contribution in [-0.2, 0) is 11.3 Å². The number of hydrogen-bond donors (Lipinski definition) is 1. The van der Waals surface area contributed by atoms with Gasteiger partial charge in [0.05, 0.1) is 6.20 Å². The SMILES string of the molecule is Cc1cnn(CCC(=O)N(C)C2CC3CCC(C2)N3)c1. The summed E-state index contributed by atoms with van der Waals surface area (Å²) in [5.41, 5.74) is 1.14. The monoisotopic (exact) mass is 276 g/mol. The van der Waals surface area contributed by atoms with Gasteiger partial charge in [-0.3, -0.25) is 9.48 Å². The fourth-order valence-corrected chi connectivity index (χ4v) is 3.52. The van der Waals surface area contributed by atoms with Gasteiger partial charge in [0.2, 0.25) is 5.91 Å². The molecule has 0 saturated carbocycles. The number of carbonyl (C=O) groups is 1. The lowest BCUT2D eigenvalue weighted by Crippen LogP contribution is -2.48. The zero-order valence-corrected chi connectivity index (χ0v) is 12.4. The highest BCUT2D eigenvalue weighted by atomic mass is 16.2. The highest BCUT2D eigenvalue weighted by Gasteiger charge is 2.36. The van der Waals surface area contributed by atoms with Crippen molar-refractivity contribution in [2.24, 2.45) is 0 Å². The van der Waals surface area contributed by atoms with Gasteiger partial charge in [-0.15, -0.1) is 0 Å². The maximum Gasteiger partial charge on any atom is 0.224 e. The summed E-state index contributed by atoms with van der Waals surface area (Å²) in [6, 6.07) is 1.67. The van der Waals surface area contributed by atoms with Crippen LogP contribution in [0.25, 0.3) is 0 Å². The number of nitrogens with one attached hydrogen (secondary N) is 1. The van der Waals surface area contributed by atoms with Gasteiger partial charge in [0.1, 0.15) is 0 Å². The maximum atomic E-state index is 12.3. The molecule has 3 heterocycles. The van der Waals surface area contributed by atoms with Crippen molar-refractivity contribution in [2.45, 2.75) is 63.7 Å². The second kappa shape index (κ2) is 5.56. The summed E-state index contributed by atoms with van der Waals surface area (Å²) in [4.78, 5) is 14.3. The fraction of sp³-hybridized carbons (Fsp3) is 0.733. The van der Waals surface area contributed by atoms with Gasteiger partial charge in [-0.05, 0) is 38.2 Å². The Morgan fingerprint density at radius 1 is 1.45 bits per heavy atom. The molecule has 0 aliphatic carbocycles. The molecule has 3 rings (SSSR count). The summed E-state index contributed by atoms with van der Waals surface area (Å²) < 4.78 is 1.85. The molecule has 5 heteroatoms. The summed E-state index contributed by atoms with van der Waals surface area (Å²) >= 11 is 0. The van der Waals surface area contributed by atoms with E-state index >= 15 is 0 Å². The molecule has 2 aliphatic heterocycles. The van der Waals surface area contributed by atoms with E-state index in [9.17, 15) is 4.79 Å². The Kier molecular flexibility index (Phi) is 3.78. The first-order chi connectivity index (χ1) is 9.61. The zero-order chi connectivity index (χ0) is 14.1. The van der Waals surface area contributed by atoms with Crippen molar-refractivity contribution < 1.29 is 4.79 Å². The van der Waals surface area contributed by atoms with Crippen molar-refractivity contribution >= 4 is 5.91 Å². The van der Waals surface area contributed by atoms with Crippen LogP contribution in [0.5, 0.6) is 0 Å². The molecule has 2 unspecified atom stereocenters. The van der Waals surface area contributed by atoms with E-state index in [2.05, 4.69) is 10.4 Å². The number of nitrogens with zero attached hydrogens (tertiary/aromatic N) is 3. The van der Waals surface area contributed by atoms with Gasteiger partial charge in [0.15, 0.2) is 0 Å². The van der Waals surface area contributed by atoms with E-state index in [0.29, 0.717) is 31.1 Å². The Bertz CT molecular complexity index is 472. The Morgan fingerprint density at radius 2 is 2.15 bits per heavy atom. The predicted molar refractivity (Wildman–Crippen MR) is 77.3 cm³/mol. The average Bonchev–Trinajstić information content (AvgIpc) is 3.01. The largest absolute Gasteiger partial charge is 0.343 e. The molecule has 1 aromatic heterocycles. The topological polar surface area (TPSA) is 50.2 Å². The number of carbonyl (C=O) groups excluding carboxylic acids is 1. The van der Waals surface area contributed by atoms with Crippen molar-refractivity contribution in [1.29, 1.82) is 0 Å². The van der Waals surface area contributed by atoms with Crippen LogP contribution in [0.4, 0.5) is 0 Å². The molecule has 5 nitrogen and oxygen atoms in total. The summed E-state index contributed by atoms with van der Waals surface area (Å²) in [6.45, 7) is 2.69. The first-order valence-electron chi connectivity index (χ1n) is 7.62. The fourth-order valence-electron chi connectivity index (χ4n) is 3.52. The molecule has 0 spiro atoms. The van der Waals surface area contributed by atoms with Crippen molar-refractivity contribution in [1.82, 2.24) is 20.0 Å². The molecule has 20 heavy (non-hydrogen) atoms. The second-order valence-electron chi connectivity index (χ2n) is 6.30. The summed E-state index contributed by atoms with van der Waals surface area (Å²) in [5, 5.41) is 7.85. The minimum atomic E-state index is 0.240. The third kappa shape index (κ3) is 2.87. The van der Waals surface area contributed by atoms with Gasteiger partial charge in [-0.1, -0.05) is 0 Å². The number of aryl methyl sites for hydroxylation is 2. The van der Waals surface area contributed by atoms with Crippen molar-refractivity contribution in [3.63, 3.8) is 0 Å². The smallest absolute Gasteiger partial charge is 0.224 e. The molecule has 0 radical (unpaired) electrons. The van der Waals surface area contributed by atoms with Gasteiger partial charge in [0, 0.05) is 44.3 Å². The Balaban J connectivity index is 1.51. The van der Waals surface area contributed by atoms with Crippen LogP contribution in [-0.4, -0.2) is 45.8 Å². The van der Waals surface area contributed by atoms with Crippen LogP contribution in [0.3, 0.4) is 0 Å². The van der Waals surface area contributed by atoms with E-state index in [1.54, 1.807) is 0 Å². The lowest BCUT2D eigenvalue weighted by Gasteiger charge is -2.35. The standard InChI is InChI=1S/C15H24N4O/c1-11-9-16-19(10-11)6-5-15(20)18(2)14-7-12-3-4-13(8-14)17-12/h9-10,12-14,17H,3-8H2,1-2H3. The van der Waals surface area contributed by atoms with Gasteiger partial charge in [0.25, 0.3) is 0 Å². The molecule has 0 aromatic carbocycles. The molecule has 2 atom stereocenters. The Morgan fingerprint density at radius 3 is 2.75 bits per heavy atom. The molecule has 1 aromatic rings. The molecular weight excluding hydrogens is 252 g/mol. The van der Waals surface area contributed by atoms with Crippen LogP contribution >= 0.6 is 0 Å². The van der Waals surface area contributed by atoms with Crippen LogP contribution in [0, 0.1) is 6.92 Å². The molecule has 110 valence electrons. The van der Waals surface area contributed by atoms with Crippen molar-refractivity contribution in [3.05, 3.63) is 18.0 Å². The highest BCUT2D eigenvalue weighted by molar-refractivity contribution is 5.76. The van der Waals surface area contributed by atoms with Crippen molar-refractivity contribution in [2.75, 3.05) is 7.05 Å². The molecule has 1 N–H and O–H groups in total. The maximum absolute atomic E-state index is 12.3. The minimum Gasteiger partial charge on any atom is -0.343 e. The lowest BCUT2D eigenvalue weighted by molar-refractivity contribution is -0.133. The Hall–Kier alpha value is -1.36. The van der Waals surface area contributed by atoms with E-state index in [1.165, 1.54) is 12.8 Å². The number of rotatable bonds is 4. The number of hydrogen-bond acceptors (Lipinski definition) is 3. The summed E-state index contributed by atoms with van der Waals surface area (Å²) in [7, 11) is 1.96. The normalized spacial score (nSPS) is 28.6. The molecule has 2 saturated heterocycles. The van der Waals surface area contributed by atoms with E-state index < -0.39 is 0 Å². The van der Waals surface area contributed by atoms with Crippen LogP contribution in [0.2, 0.25) is 0 Å². The molecule has 2 bridgehead atoms. The molecular formula is C15H24N4O. The number of amides is 1. The third-order valence-corrected chi connectivity index (χ3v) is 4.71. The third-order valence-electron chi connectivity index (χ3n) is 4.71. The first-order valence-corrected chi connectivity index (χ1v) is 7.62. The lowest BCUT2D eigenvalue weighted by atomic mass is 9.98.